The second-order valence-corrected chi connectivity index (χ2v) is 5.08. The van der Waals surface area contributed by atoms with Gasteiger partial charge < -0.3 is 5.32 Å². The molecule has 1 saturated heterocycles. The van der Waals surface area contributed by atoms with Crippen LogP contribution in [0.1, 0.15) is 49.7 Å². The highest BCUT2D eigenvalue weighted by atomic mass is 19.1. The van der Waals surface area contributed by atoms with Crippen LogP contribution in [0.5, 0.6) is 0 Å². The highest BCUT2D eigenvalue weighted by Gasteiger charge is 2.23. The minimum atomic E-state index is -0.374. The van der Waals surface area contributed by atoms with E-state index in [-0.39, 0.29) is 29.0 Å². The molecule has 0 amide bonds. The van der Waals surface area contributed by atoms with Crippen LogP contribution in [0.15, 0.2) is 12.1 Å². The first-order valence-corrected chi connectivity index (χ1v) is 6.29. The van der Waals surface area contributed by atoms with E-state index in [0.29, 0.717) is 0 Å². The maximum Gasteiger partial charge on any atom is 0.129 e. The summed E-state index contributed by atoms with van der Waals surface area (Å²) in [4.78, 5) is 0. The predicted molar refractivity (Wildman–Crippen MR) is 65.3 cm³/mol. The van der Waals surface area contributed by atoms with Gasteiger partial charge in [-0.05, 0) is 55.5 Å². The van der Waals surface area contributed by atoms with Gasteiger partial charge in [0.05, 0.1) is 0 Å². The van der Waals surface area contributed by atoms with E-state index in [0.717, 1.165) is 31.5 Å². The molecule has 0 radical (unpaired) electrons. The van der Waals surface area contributed by atoms with E-state index in [1.165, 1.54) is 12.1 Å². The average Bonchev–Trinajstić information content (AvgIpc) is 2.29. The van der Waals surface area contributed by atoms with E-state index in [1.807, 2.05) is 13.8 Å². The van der Waals surface area contributed by atoms with Crippen molar-refractivity contribution >= 4 is 0 Å². The Morgan fingerprint density at radius 2 is 1.65 bits per heavy atom. The van der Waals surface area contributed by atoms with Gasteiger partial charge in [0.25, 0.3) is 0 Å². The molecule has 0 bridgehead atoms. The maximum absolute atomic E-state index is 14.0. The Hall–Kier alpha value is -0.960. The quantitative estimate of drug-likeness (QED) is 0.832. The summed E-state index contributed by atoms with van der Waals surface area (Å²) in [5.41, 5.74) is 1.02. The van der Waals surface area contributed by atoms with E-state index >= 15 is 0 Å². The van der Waals surface area contributed by atoms with E-state index in [9.17, 15) is 8.78 Å². The first-order chi connectivity index (χ1) is 8.09. The molecule has 0 aliphatic carbocycles. The van der Waals surface area contributed by atoms with Crippen molar-refractivity contribution < 1.29 is 8.78 Å². The summed E-state index contributed by atoms with van der Waals surface area (Å²) in [5, 5.41) is 3.21. The van der Waals surface area contributed by atoms with Crippen LogP contribution in [0.4, 0.5) is 8.78 Å². The molecule has 0 atom stereocenters. The lowest BCUT2D eigenvalue weighted by Gasteiger charge is -2.24. The number of hydrogen-bond acceptors (Lipinski definition) is 1. The third-order valence-electron chi connectivity index (χ3n) is 3.52. The normalized spacial score (nSPS) is 17.7. The summed E-state index contributed by atoms with van der Waals surface area (Å²) in [6, 6.07) is 2.98. The number of rotatable bonds is 2. The molecule has 1 aromatic rings. The van der Waals surface area contributed by atoms with Crippen LogP contribution in [0.25, 0.3) is 0 Å². The van der Waals surface area contributed by atoms with Crippen LogP contribution in [0, 0.1) is 11.6 Å². The molecule has 1 aliphatic heterocycles. The molecule has 94 valence electrons. The molecular formula is C14H19F2N. The summed E-state index contributed by atoms with van der Waals surface area (Å²) in [6.07, 6.45) is 1.63. The Kier molecular flexibility index (Phi) is 3.77. The molecular weight excluding hydrogens is 220 g/mol. The third kappa shape index (κ3) is 2.65. The van der Waals surface area contributed by atoms with Crippen LogP contribution in [-0.4, -0.2) is 13.1 Å². The second kappa shape index (κ2) is 5.13. The summed E-state index contributed by atoms with van der Waals surface area (Å²) < 4.78 is 28.0. The molecule has 17 heavy (non-hydrogen) atoms. The molecule has 0 saturated carbocycles. The first kappa shape index (κ1) is 12.5. The lowest BCUT2D eigenvalue weighted by Crippen LogP contribution is -2.27. The van der Waals surface area contributed by atoms with E-state index in [1.54, 1.807) is 0 Å². The van der Waals surface area contributed by atoms with E-state index in [4.69, 9.17) is 0 Å². The van der Waals surface area contributed by atoms with Crippen molar-refractivity contribution in [2.24, 2.45) is 0 Å². The zero-order chi connectivity index (χ0) is 12.4. The van der Waals surface area contributed by atoms with E-state index < -0.39 is 0 Å². The van der Waals surface area contributed by atoms with Gasteiger partial charge in [-0.15, -0.1) is 0 Å². The Bertz CT molecular complexity index is 372. The van der Waals surface area contributed by atoms with Gasteiger partial charge in [0.2, 0.25) is 0 Å². The SMILES string of the molecule is CC(C)c1cc(F)c(C2CCNCC2)c(F)c1. The minimum absolute atomic E-state index is 0.0254. The smallest absolute Gasteiger partial charge is 0.129 e. The van der Waals surface area contributed by atoms with Crippen molar-refractivity contribution in [3.8, 4) is 0 Å². The summed E-state index contributed by atoms with van der Waals surface area (Å²) in [7, 11) is 0. The Morgan fingerprint density at radius 1 is 1.12 bits per heavy atom. The molecule has 2 rings (SSSR count). The fourth-order valence-electron chi connectivity index (χ4n) is 2.44. The number of benzene rings is 1. The molecule has 1 fully saturated rings. The summed E-state index contributed by atoms with van der Waals surface area (Å²) in [5.74, 6) is -0.570. The van der Waals surface area contributed by atoms with Crippen LogP contribution in [0.3, 0.4) is 0 Å². The van der Waals surface area contributed by atoms with Crippen LogP contribution in [-0.2, 0) is 0 Å². The second-order valence-electron chi connectivity index (χ2n) is 5.08. The van der Waals surface area contributed by atoms with Crippen molar-refractivity contribution in [3.63, 3.8) is 0 Å². The molecule has 1 N–H and O–H groups in total. The first-order valence-electron chi connectivity index (χ1n) is 6.29. The molecule has 1 aliphatic rings. The lowest BCUT2D eigenvalue weighted by molar-refractivity contribution is 0.425. The van der Waals surface area contributed by atoms with Gasteiger partial charge in [-0.1, -0.05) is 13.8 Å². The summed E-state index contributed by atoms with van der Waals surface area (Å²) >= 11 is 0. The van der Waals surface area contributed by atoms with Crippen molar-refractivity contribution in [3.05, 3.63) is 34.9 Å². The molecule has 1 nitrogen and oxygen atoms in total. The van der Waals surface area contributed by atoms with Gasteiger partial charge in [0.15, 0.2) is 0 Å². The largest absolute Gasteiger partial charge is 0.317 e. The summed E-state index contributed by atoms with van der Waals surface area (Å²) in [6.45, 7) is 5.57. The monoisotopic (exact) mass is 239 g/mol. The molecule has 0 unspecified atom stereocenters. The Balaban J connectivity index is 2.33. The topological polar surface area (TPSA) is 12.0 Å². The van der Waals surface area contributed by atoms with Crippen molar-refractivity contribution in [2.75, 3.05) is 13.1 Å². The van der Waals surface area contributed by atoms with Gasteiger partial charge in [-0.3, -0.25) is 0 Å². The molecule has 0 spiro atoms. The van der Waals surface area contributed by atoms with Gasteiger partial charge in [0, 0.05) is 5.56 Å². The van der Waals surface area contributed by atoms with Crippen molar-refractivity contribution in [1.29, 1.82) is 0 Å². The van der Waals surface area contributed by atoms with Gasteiger partial charge in [0.1, 0.15) is 11.6 Å². The van der Waals surface area contributed by atoms with Crippen molar-refractivity contribution in [1.82, 2.24) is 5.32 Å². The molecule has 1 aromatic carbocycles. The minimum Gasteiger partial charge on any atom is -0.317 e. The Morgan fingerprint density at radius 3 is 2.12 bits per heavy atom. The highest BCUT2D eigenvalue weighted by molar-refractivity contribution is 5.31. The molecule has 1 heterocycles. The van der Waals surface area contributed by atoms with Crippen LogP contribution < -0.4 is 5.32 Å². The third-order valence-corrected chi connectivity index (χ3v) is 3.52. The zero-order valence-corrected chi connectivity index (χ0v) is 10.4. The number of piperidine rings is 1. The fourth-order valence-corrected chi connectivity index (χ4v) is 2.44. The number of halogens is 2. The van der Waals surface area contributed by atoms with Crippen LogP contribution in [0.2, 0.25) is 0 Å². The maximum atomic E-state index is 14.0. The van der Waals surface area contributed by atoms with Gasteiger partial charge >= 0.3 is 0 Å². The number of hydrogen-bond donors (Lipinski definition) is 1. The lowest BCUT2D eigenvalue weighted by atomic mass is 9.88. The molecule has 0 aromatic heterocycles. The average molecular weight is 239 g/mol. The van der Waals surface area contributed by atoms with Gasteiger partial charge in [-0.25, -0.2) is 8.78 Å². The predicted octanol–water partition coefficient (Wildman–Crippen LogP) is 3.56. The number of nitrogens with one attached hydrogen (secondary N) is 1. The molecule has 3 heteroatoms. The van der Waals surface area contributed by atoms with Gasteiger partial charge in [-0.2, -0.15) is 0 Å². The zero-order valence-electron chi connectivity index (χ0n) is 10.4. The Labute approximate surface area is 101 Å². The van der Waals surface area contributed by atoms with Crippen LogP contribution >= 0.6 is 0 Å². The standard InChI is InChI=1S/C14H19F2N/c1-9(2)11-7-12(15)14(13(16)8-11)10-3-5-17-6-4-10/h7-10,17H,3-6H2,1-2H3. The van der Waals surface area contributed by atoms with E-state index in [2.05, 4.69) is 5.32 Å². The highest BCUT2D eigenvalue weighted by Crippen LogP contribution is 2.31. The fraction of sp³-hybridized carbons (Fsp3) is 0.571. The van der Waals surface area contributed by atoms with Crippen molar-refractivity contribution in [2.45, 2.75) is 38.5 Å².